The third-order valence-corrected chi connectivity index (χ3v) is 12.3. The van der Waals surface area contributed by atoms with Crippen molar-refractivity contribution in [2.45, 2.75) is 102 Å². The first-order valence-corrected chi connectivity index (χ1v) is 18.1. The number of anilines is 1. The number of likely N-dealkylation sites (tertiary alicyclic amines) is 1. The number of fused-ring (bicyclic) bond motifs is 2. The fourth-order valence-electron chi connectivity index (χ4n) is 8.52. The van der Waals surface area contributed by atoms with E-state index < -0.39 is 12.3 Å². The molecular formula is C36H40F3N7O2S. The number of nitrogens with zero attached hydrogens (tertiary/aromatic N) is 5. The number of thiophene rings is 1. The van der Waals surface area contributed by atoms with E-state index in [1.165, 1.54) is 17.2 Å². The molecule has 4 aliphatic carbocycles. The van der Waals surface area contributed by atoms with Crippen molar-refractivity contribution in [2.24, 2.45) is 11.3 Å². The lowest BCUT2D eigenvalue weighted by molar-refractivity contribution is -0.205. The summed E-state index contributed by atoms with van der Waals surface area (Å²) in [5, 5.41) is 28.3. The van der Waals surface area contributed by atoms with Crippen molar-refractivity contribution in [1.82, 2.24) is 24.8 Å². The summed E-state index contributed by atoms with van der Waals surface area (Å²) in [6.07, 6.45) is -0.0706. The molecule has 3 N–H and O–H groups in total. The first kappa shape index (κ1) is 32.5. The molecule has 49 heavy (non-hydrogen) atoms. The van der Waals surface area contributed by atoms with E-state index in [1.807, 2.05) is 13.0 Å². The van der Waals surface area contributed by atoms with E-state index in [0.29, 0.717) is 34.0 Å². The van der Waals surface area contributed by atoms with E-state index >= 15 is 0 Å². The lowest BCUT2D eigenvalue weighted by Crippen LogP contribution is -2.75. The van der Waals surface area contributed by atoms with E-state index in [2.05, 4.69) is 55.2 Å². The molecule has 1 aliphatic heterocycles. The Morgan fingerprint density at radius 1 is 1.14 bits per heavy atom. The van der Waals surface area contributed by atoms with Crippen LogP contribution in [0.2, 0.25) is 0 Å². The summed E-state index contributed by atoms with van der Waals surface area (Å²) in [7, 11) is 0. The highest BCUT2D eigenvalue weighted by atomic mass is 32.1. The average Bonchev–Trinajstić information content (AvgIpc) is 3.71. The number of benzene rings is 1. The van der Waals surface area contributed by atoms with Crippen LogP contribution in [0.4, 0.5) is 19.0 Å². The predicted molar refractivity (Wildman–Crippen MR) is 181 cm³/mol. The van der Waals surface area contributed by atoms with Crippen molar-refractivity contribution in [3.05, 3.63) is 51.8 Å². The van der Waals surface area contributed by atoms with Crippen LogP contribution in [0, 0.1) is 29.6 Å². The minimum absolute atomic E-state index is 0.0193. The van der Waals surface area contributed by atoms with Gasteiger partial charge in [-0.15, -0.1) is 11.3 Å². The van der Waals surface area contributed by atoms with Gasteiger partial charge in [-0.2, -0.15) is 18.4 Å². The van der Waals surface area contributed by atoms with Gasteiger partial charge < -0.3 is 20.3 Å². The topological polar surface area (TPSA) is 119 Å². The zero-order chi connectivity index (χ0) is 34.3. The summed E-state index contributed by atoms with van der Waals surface area (Å²) in [6, 6.07) is 10.3. The second-order valence-corrected chi connectivity index (χ2v) is 16.0. The summed E-state index contributed by atoms with van der Waals surface area (Å²) >= 11 is 0.856. The molecular weight excluding hydrogens is 652 g/mol. The summed E-state index contributed by atoms with van der Waals surface area (Å²) in [5.74, 6) is 1.52. The van der Waals surface area contributed by atoms with Gasteiger partial charge in [0.1, 0.15) is 28.2 Å². The van der Waals surface area contributed by atoms with Crippen molar-refractivity contribution >= 4 is 44.2 Å². The maximum atomic E-state index is 13.2. The number of rotatable bonds is 10. The molecule has 9 nitrogen and oxygen atoms in total. The molecule has 258 valence electrons. The lowest BCUT2D eigenvalue weighted by Gasteiger charge is -2.71. The Kier molecular flexibility index (Phi) is 7.74. The molecule has 5 fully saturated rings. The maximum absolute atomic E-state index is 13.2. The molecule has 0 spiro atoms. The predicted octanol–water partition coefficient (Wildman–Crippen LogP) is 6.51. The number of aromatic nitrogens is 3. The second kappa shape index (κ2) is 11.7. The minimum atomic E-state index is -4.75. The Balaban J connectivity index is 0.918. The molecule has 5 aliphatic rings. The molecule has 1 unspecified atom stereocenters. The first-order chi connectivity index (χ1) is 23.4. The van der Waals surface area contributed by atoms with Crippen molar-refractivity contribution in [2.75, 3.05) is 18.4 Å². The monoisotopic (exact) mass is 691 g/mol. The number of hydrogen-bond donors (Lipinski definition) is 3. The van der Waals surface area contributed by atoms with Gasteiger partial charge in [0.05, 0.1) is 5.39 Å². The third-order valence-electron chi connectivity index (χ3n) is 11.2. The molecule has 9 rings (SSSR count). The molecule has 1 amide bonds. The highest BCUT2D eigenvalue weighted by molar-refractivity contribution is 7.18. The molecule has 4 heterocycles. The van der Waals surface area contributed by atoms with E-state index in [0.717, 1.165) is 93.4 Å². The fourth-order valence-corrected chi connectivity index (χ4v) is 9.58. The van der Waals surface area contributed by atoms with Crippen molar-refractivity contribution < 1.29 is 23.1 Å². The number of nitriles is 1. The van der Waals surface area contributed by atoms with Gasteiger partial charge in [0.25, 0.3) is 0 Å². The molecule has 1 aromatic carbocycles. The van der Waals surface area contributed by atoms with Crippen LogP contribution in [0.5, 0.6) is 0 Å². The standard InChI is InChI=1S/C36H40F3N7O2S/c1-3-29-42-31(26-13-28(49-33(26)43-29)30(47)36(37,38)39)41-23-8-10-45(11-9-23)15-22-6-7-27-25(20(22)2)12-24(14-40)46(27)19-34-16-35(17-34,18-34)44-32(48)21-4-5-21/h6-7,12-13,21,23,30,47H,3-5,8-11,15-19H2,1-2H3,(H,44,48)(H,41,42,43). The van der Waals surface area contributed by atoms with Crippen molar-refractivity contribution in [1.29, 1.82) is 5.26 Å². The van der Waals surface area contributed by atoms with Crippen LogP contribution in [-0.2, 0) is 24.3 Å². The van der Waals surface area contributed by atoms with Gasteiger partial charge in [0.2, 0.25) is 5.91 Å². The number of aryl methyl sites for hydroxylation is 2. The van der Waals surface area contributed by atoms with Crippen LogP contribution >= 0.6 is 11.3 Å². The van der Waals surface area contributed by atoms with Gasteiger partial charge in [0.15, 0.2) is 6.10 Å². The normalized spacial score (nSPS) is 24.8. The number of carbonyl (C=O) groups excluding carboxylic acids is 1. The van der Waals surface area contributed by atoms with Crippen LogP contribution in [0.1, 0.15) is 85.5 Å². The molecule has 13 heteroatoms. The SMILES string of the molecule is CCc1nc(NC2CCN(Cc3ccc4c(cc(C#N)n4CC45CC(NC(=O)C6CC6)(C4)C5)c3C)CC2)c2cc(C(O)C(F)(F)F)sc2n1. The van der Waals surface area contributed by atoms with Gasteiger partial charge >= 0.3 is 6.18 Å². The minimum Gasteiger partial charge on any atom is -0.379 e. The van der Waals surface area contributed by atoms with Crippen LogP contribution < -0.4 is 10.6 Å². The number of piperidine rings is 1. The van der Waals surface area contributed by atoms with Crippen LogP contribution in [-0.4, -0.2) is 61.3 Å². The molecule has 2 bridgehead atoms. The Labute approximate surface area is 286 Å². The summed E-state index contributed by atoms with van der Waals surface area (Å²) in [5.41, 5.74) is 4.32. The second-order valence-electron chi connectivity index (χ2n) is 14.9. The molecule has 0 radical (unpaired) electrons. The van der Waals surface area contributed by atoms with Gasteiger partial charge in [-0.05, 0) is 86.6 Å². The first-order valence-electron chi connectivity index (χ1n) is 17.3. The Morgan fingerprint density at radius 2 is 1.88 bits per heavy atom. The third kappa shape index (κ3) is 5.85. The van der Waals surface area contributed by atoms with Crippen molar-refractivity contribution in [3.8, 4) is 6.07 Å². The number of hydrogen-bond acceptors (Lipinski definition) is 8. The van der Waals surface area contributed by atoms with E-state index in [4.69, 9.17) is 0 Å². The number of carbonyl (C=O) groups is 1. The van der Waals surface area contributed by atoms with Crippen LogP contribution in [0.15, 0.2) is 24.3 Å². The highest BCUT2D eigenvalue weighted by Crippen LogP contribution is 2.68. The van der Waals surface area contributed by atoms with E-state index in [-0.39, 0.29) is 33.7 Å². The van der Waals surface area contributed by atoms with Gasteiger partial charge in [-0.25, -0.2) is 9.97 Å². The quantitative estimate of drug-likeness (QED) is 0.174. The number of aliphatic hydroxyl groups is 1. The number of alkyl halides is 3. The Morgan fingerprint density at radius 3 is 2.53 bits per heavy atom. The molecule has 1 saturated heterocycles. The lowest BCUT2D eigenvalue weighted by atomic mass is 9.39. The Bertz CT molecular complexity index is 1980. The van der Waals surface area contributed by atoms with Gasteiger partial charge in [0, 0.05) is 65.9 Å². The Hall–Kier alpha value is -3.73. The van der Waals surface area contributed by atoms with Gasteiger partial charge in [-0.1, -0.05) is 13.0 Å². The maximum Gasteiger partial charge on any atom is 0.419 e. The molecule has 3 aromatic heterocycles. The number of aliphatic hydroxyl groups excluding tert-OH is 1. The van der Waals surface area contributed by atoms with Crippen LogP contribution in [0.3, 0.4) is 0 Å². The van der Waals surface area contributed by atoms with Gasteiger partial charge in [-0.3, -0.25) is 9.69 Å². The number of halogens is 3. The van der Waals surface area contributed by atoms with E-state index in [9.17, 15) is 28.3 Å². The highest BCUT2D eigenvalue weighted by Gasteiger charge is 2.68. The summed E-state index contributed by atoms with van der Waals surface area (Å²) < 4.78 is 41.9. The molecule has 4 aromatic rings. The molecule has 1 atom stereocenters. The van der Waals surface area contributed by atoms with E-state index in [1.54, 1.807) is 0 Å². The fraction of sp³-hybridized carbons (Fsp3) is 0.556. The van der Waals surface area contributed by atoms with Crippen LogP contribution in [0.25, 0.3) is 21.1 Å². The summed E-state index contributed by atoms with van der Waals surface area (Å²) in [6.45, 7) is 7.32. The smallest absolute Gasteiger partial charge is 0.379 e. The van der Waals surface area contributed by atoms with Crippen molar-refractivity contribution in [3.63, 3.8) is 0 Å². The largest absolute Gasteiger partial charge is 0.419 e. The number of nitrogens with one attached hydrogen (secondary N) is 2. The number of amides is 1. The zero-order valence-corrected chi connectivity index (χ0v) is 28.5. The summed E-state index contributed by atoms with van der Waals surface area (Å²) in [4.78, 5) is 24.1. The average molecular weight is 692 g/mol. The molecule has 4 saturated carbocycles. The zero-order valence-electron chi connectivity index (χ0n) is 27.7.